The second kappa shape index (κ2) is 19.8. The Hall–Kier alpha value is -7.24. The summed E-state index contributed by atoms with van der Waals surface area (Å²) in [4.78, 5) is 14.2. The Balaban J connectivity index is 0.000000296. The van der Waals surface area contributed by atoms with E-state index in [2.05, 4.69) is 215 Å². The minimum absolute atomic E-state index is 0. The van der Waals surface area contributed by atoms with Crippen LogP contribution in [0.25, 0.3) is 94.8 Å². The first-order valence-corrected chi connectivity index (χ1v) is 23.6. The molecule has 69 heavy (non-hydrogen) atoms. The molecule has 11 rings (SSSR count). The van der Waals surface area contributed by atoms with Crippen molar-refractivity contribution in [2.45, 2.75) is 65.7 Å². The Morgan fingerprint density at radius 2 is 1.13 bits per heavy atom. The van der Waals surface area contributed by atoms with E-state index >= 15 is 0 Å². The fraction of sp³-hybridized carbons (Fsp3) is 0.159. The average molecular weight is 1080 g/mol. The molecule has 0 amide bonds. The number of fused-ring (bicyclic) bond motifs is 4. The van der Waals surface area contributed by atoms with Crippen molar-refractivity contribution in [3.05, 3.63) is 217 Å². The van der Waals surface area contributed by atoms with Gasteiger partial charge >= 0.3 is 0 Å². The molecule has 0 atom stereocenters. The van der Waals surface area contributed by atoms with Crippen molar-refractivity contribution in [1.82, 2.24) is 19.5 Å². The van der Waals surface area contributed by atoms with Gasteiger partial charge in [0.2, 0.25) is 0 Å². The number of rotatable bonds is 8. The van der Waals surface area contributed by atoms with Crippen LogP contribution in [0, 0.1) is 12.1 Å². The van der Waals surface area contributed by atoms with Gasteiger partial charge in [-0.15, -0.1) is 54.1 Å². The van der Waals surface area contributed by atoms with E-state index in [0.717, 1.165) is 72.6 Å². The van der Waals surface area contributed by atoms with Crippen LogP contribution in [-0.2, 0) is 25.5 Å². The number of hydrogen-bond donors (Lipinski definition) is 0. The van der Waals surface area contributed by atoms with Crippen molar-refractivity contribution >= 4 is 33.0 Å². The van der Waals surface area contributed by atoms with E-state index in [4.69, 9.17) is 9.40 Å². The standard InChI is InChI=1S/C49H39N2O.C14H15N2.Ir/c1-31(2)42-28-38(36-24-22-35(23-25-36)33-14-7-5-8-15-33)29-43(32(3)4)47(42)51-45-21-12-11-20-44(45)50-49(51)41-19-13-18-40-39-27-26-37(30-46(39)52-48(40)41)34-16-9-6-10-17-34;1-14(2,3)12-9-10-15-13(16-12)11-7-5-4-6-8-11;/h5-18,20-32H,1-4H3;4-7,9-10H,1-3H3;/q2*-1;. The first-order chi connectivity index (χ1) is 33.0. The molecule has 1 radical (unpaired) electrons. The van der Waals surface area contributed by atoms with Crippen LogP contribution in [-0.4, -0.2) is 19.5 Å². The van der Waals surface area contributed by atoms with Crippen LogP contribution >= 0.6 is 0 Å². The Morgan fingerprint density at radius 1 is 0.536 bits per heavy atom. The van der Waals surface area contributed by atoms with E-state index < -0.39 is 0 Å². The number of hydrogen-bond acceptors (Lipinski definition) is 4. The maximum absolute atomic E-state index is 6.78. The van der Waals surface area contributed by atoms with Crippen molar-refractivity contribution in [1.29, 1.82) is 0 Å². The fourth-order valence-electron chi connectivity index (χ4n) is 9.05. The van der Waals surface area contributed by atoms with E-state index in [1.807, 2.05) is 48.7 Å². The smallest absolute Gasteiger partial charge is 0.121 e. The molecule has 343 valence electrons. The van der Waals surface area contributed by atoms with Crippen molar-refractivity contribution in [2.75, 3.05) is 0 Å². The summed E-state index contributed by atoms with van der Waals surface area (Å²) in [5, 5.41) is 2.14. The van der Waals surface area contributed by atoms with Gasteiger partial charge in [0.15, 0.2) is 0 Å². The van der Waals surface area contributed by atoms with Crippen LogP contribution in [0.4, 0.5) is 0 Å². The summed E-state index contributed by atoms with van der Waals surface area (Å²) in [6.07, 6.45) is 1.81. The Labute approximate surface area is 419 Å². The topological polar surface area (TPSA) is 56.7 Å². The molecular weight excluding hydrogens is 1020 g/mol. The molecule has 0 unspecified atom stereocenters. The third-order valence-corrected chi connectivity index (χ3v) is 12.7. The monoisotopic (exact) mass is 1080 g/mol. The quantitative estimate of drug-likeness (QED) is 0.142. The molecule has 0 aliphatic rings. The summed E-state index contributed by atoms with van der Waals surface area (Å²) in [5.41, 5.74) is 17.5. The van der Waals surface area contributed by atoms with Crippen LogP contribution < -0.4 is 0 Å². The predicted octanol–water partition coefficient (Wildman–Crippen LogP) is 16.9. The zero-order valence-electron chi connectivity index (χ0n) is 40.1. The van der Waals surface area contributed by atoms with E-state index in [1.54, 1.807) is 0 Å². The van der Waals surface area contributed by atoms with Gasteiger partial charge in [-0.2, -0.15) is 0 Å². The van der Waals surface area contributed by atoms with Crippen LogP contribution in [0.3, 0.4) is 0 Å². The molecule has 0 saturated carbocycles. The van der Waals surface area contributed by atoms with E-state index in [0.29, 0.717) is 0 Å². The first-order valence-electron chi connectivity index (χ1n) is 23.6. The molecule has 3 heterocycles. The van der Waals surface area contributed by atoms with Crippen LogP contribution in [0.2, 0.25) is 0 Å². The molecule has 0 bridgehead atoms. The number of nitrogens with zero attached hydrogens (tertiary/aromatic N) is 4. The van der Waals surface area contributed by atoms with Gasteiger partial charge in [-0.1, -0.05) is 169 Å². The van der Waals surface area contributed by atoms with Crippen LogP contribution in [0.1, 0.15) is 77.1 Å². The summed E-state index contributed by atoms with van der Waals surface area (Å²) < 4.78 is 9.15. The third kappa shape index (κ3) is 9.48. The summed E-state index contributed by atoms with van der Waals surface area (Å²) >= 11 is 0. The van der Waals surface area contributed by atoms with Crippen molar-refractivity contribution in [2.24, 2.45) is 0 Å². The fourth-order valence-corrected chi connectivity index (χ4v) is 9.05. The number of furan rings is 1. The molecule has 0 spiro atoms. The molecule has 0 saturated heterocycles. The summed E-state index contributed by atoms with van der Waals surface area (Å²) in [6.45, 7) is 15.6. The van der Waals surface area contributed by atoms with E-state index in [1.165, 1.54) is 39.1 Å². The molecule has 8 aromatic carbocycles. The first kappa shape index (κ1) is 46.9. The molecule has 6 heteroatoms. The number of benzene rings is 8. The Bertz CT molecular complexity index is 3500. The molecular formula is C63H54IrN4O-2. The summed E-state index contributed by atoms with van der Waals surface area (Å²) in [7, 11) is 0. The van der Waals surface area contributed by atoms with Gasteiger partial charge in [0.1, 0.15) is 5.58 Å². The molecule has 0 N–H and O–H groups in total. The van der Waals surface area contributed by atoms with Gasteiger partial charge in [0, 0.05) is 48.5 Å². The zero-order chi connectivity index (χ0) is 46.9. The minimum atomic E-state index is 0. The molecule has 3 aromatic heterocycles. The second-order valence-corrected chi connectivity index (χ2v) is 19.1. The maximum atomic E-state index is 6.78. The average Bonchev–Trinajstić information content (AvgIpc) is 3.95. The second-order valence-electron chi connectivity index (χ2n) is 19.1. The Kier molecular flexibility index (Phi) is 13.4. The van der Waals surface area contributed by atoms with Gasteiger partial charge in [-0.05, 0) is 92.7 Å². The van der Waals surface area contributed by atoms with Crippen molar-refractivity contribution < 1.29 is 24.5 Å². The summed E-state index contributed by atoms with van der Waals surface area (Å²) in [5.74, 6) is 2.09. The normalized spacial score (nSPS) is 11.6. The summed E-state index contributed by atoms with van der Waals surface area (Å²) in [6, 6.07) is 70.3. The van der Waals surface area contributed by atoms with Crippen LogP contribution in [0.5, 0.6) is 0 Å². The van der Waals surface area contributed by atoms with Gasteiger partial charge in [-0.3, -0.25) is 15.0 Å². The van der Waals surface area contributed by atoms with E-state index in [9.17, 15) is 0 Å². The molecule has 0 aliphatic carbocycles. The zero-order valence-corrected chi connectivity index (χ0v) is 42.5. The van der Waals surface area contributed by atoms with Gasteiger partial charge < -0.3 is 8.98 Å². The molecule has 0 aliphatic heterocycles. The Morgan fingerprint density at radius 3 is 1.77 bits per heavy atom. The number of imidazole rings is 1. The van der Waals surface area contributed by atoms with Gasteiger partial charge in [0.25, 0.3) is 0 Å². The van der Waals surface area contributed by atoms with E-state index in [-0.39, 0.29) is 37.4 Å². The SMILES string of the molecule is CC(C)(C)c1ccnc(-c2[c-]cccc2)n1.CC(C)c1cc(-c2ccc(-c3ccccc3)cc2)cc(C(C)C)c1-n1c(-c2[c-]ccc3c2oc2cc(-c4ccccc4)ccc23)nc2ccccc21.[Ir]. The third-order valence-electron chi connectivity index (χ3n) is 12.7. The largest absolute Gasteiger partial charge is 0.501 e. The molecule has 11 aromatic rings. The van der Waals surface area contributed by atoms with Crippen LogP contribution in [0.15, 0.2) is 193 Å². The molecule has 5 nitrogen and oxygen atoms in total. The van der Waals surface area contributed by atoms with Crippen molar-refractivity contribution in [3.63, 3.8) is 0 Å². The minimum Gasteiger partial charge on any atom is -0.501 e. The predicted molar refractivity (Wildman–Crippen MR) is 282 cm³/mol. The van der Waals surface area contributed by atoms with Gasteiger partial charge in [-0.25, -0.2) is 0 Å². The maximum Gasteiger partial charge on any atom is 0.121 e. The number of para-hydroxylation sites is 2. The number of aromatic nitrogens is 4. The molecule has 0 fully saturated rings. The van der Waals surface area contributed by atoms with Crippen molar-refractivity contribution in [3.8, 4) is 61.8 Å². The van der Waals surface area contributed by atoms with Gasteiger partial charge in [0.05, 0.1) is 28.3 Å².